The first-order valence-electron chi connectivity index (χ1n) is 6.87. The summed E-state index contributed by atoms with van der Waals surface area (Å²) >= 11 is 3.37. The Bertz CT molecular complexity index is 546. The highest BCUT2D eigenvalue weighted by atomic mass is 79.9. The number of carboxylic acid groups (broad SMARTS) is 1. The van der Waals surface area contributed by atoms with Crippen molar-refractivity contribution >= 4 is 27.8 Å². The second kappa shape index (κ2) is 6.93. The lowest BCUT2D eigenvalue weighted by Gasteiger charge is -2.30. The Morgan fingerprint density at radius 2 is 2.24 bits per heavy atom. The quantitative estimate of drug-likeness (QED) is 0.900. The molecule has 21 heavy (non-hydrogen) atoms. The number of rotatable bonds is 4. The van der Waals surface area contributed by atoms with Gasteiger partial charge in [-0.3, -0.25) is 9.59 Å². The lowest BCUT2D eigenvalue weighted by Crippen LogP contribution is -2.44. The third-order valence-corrected chi connectivity index (χ3v) is 4.10. The van der Waals surface area contributed by atoms with Gasteiger partial charge in [0.05, 0.1) is 5.92 Å². The molecule has 1 N–H and O–H groups in total. The molecule has 0 aromatic heterocycles. The first-order chi connectivity index (χ1) is 9.97. The Kier molecular flexibility index (Phi) is 5.22. The number of benzene rings is 1. The Hall–Kier alpha value is -1.56. The summed E-state index contributed by atoms with van der Waals surface area (Å²) in [7, 11) is 0. The van der Waals surface area contributed by atoms with Crippen LogP contribution in [0.2, 0.25) is 0 Å². The molecule has 6 heteroatoms. The van der Waals surface area contributed by atoms with Crippen LogP contribution in [0.1, 0.15) is 18.4 Å². The van der Waals surface area contributed by atoms with Gasteiger partial charge in [-0.15, -0.1) is 0 Å². The molecule has 0 spiro atoms. The minimum absolute atomic E-state index is 0.0607. The Labute approximate surface area is 132 Å². The molecule has 1 amide bonds. The van der Waals surface area contributed by atoms with E-state index in [1.807, 2.05) is 25.1 Å². The fourth-order valence-electron chi connectivity index (χ4n) is 2.41. The zero-order valence-electron chi connectivity index (χ0n) is 11.8. The molecule has 0 bridgehead atoms. The highest BCUT2D eigenvalue weighted by Crippen LogP contribution is 2.22. The second-order valence-corrected chi connectivity index (χ2v) is 6.13. The third-order valence-electron chi connectivity index (χ3n) is 3.61. The van der Waals surface area contributed by atoms with Crippen molar-refractivity contribution in [2.75, 3.05) is 19.7 Å². The SMILES string of the molecule is Cc1cc(Br)ccc1OCC(=O)N1CCCC(C(=O)O)C1. The van der Waals surface area contributed by atoms with Crippen LogP contribution in [0.5, 0.6) is 5.75 Å². The zero-order valence-corrected chi connectivity index (χ0v) is 13.4. The second-order valence-electron chi connectivity index (χ2n) is 5.22. The number of aryl methyl sites for hydroxylation is 1. The van der Waals surface area contributed by atoms with Gasteiger partial charge in [0.1, 0.15) is 5.75 Å². The molecular weight excluding hydrogens is 338 g/mol. The van der Waals surface area contributed by atoms with Crippen molar-refractivity contribution in [1.82, 2.24) is 4.90 Å². The van der Waals surface area contributed by atoms with E-state index in [1.165, 1.54) is 0 Å². The van der Waals surface area contributed by atoms with Crippen molar-refractivity contribution in [3.8, 4) is 5.75 Å². The lowest BCUT2D eigenvalue weighted by molar-refractivity contribution is -0.146. The number of piperidine rings is 1. The molecule has 2 rings (SSSR count). The normalized spacial score (nSPS) is 18.4. The number of halogens is 1. The maximum absolute atomic E-state index is 12.1. The molecule has 1 unspecified atom stereocenters. The van der Waals surface area contributed by atoms with Crippen molar-refractivity contribution in [3.05, 3.63) is 28.2 Å². The van der Waals surface area contributed by atoms with Crippen molar-refractivity contribution in [1.29, 1.82) is 0 Å². The zero-order chi connectivity index (χ0) is 15.4. The molecule has 5 nitrogen and oxygen atoms in total. The van der Waals surface area contributed by atoms with Gasteiger partial charge in [-0.2, -0.15) is 0 Å². The van der Waals surface area contributed by atoms with Gasteiger partial charge in [-0.05, 0) is 43.5 Å². The summed E-state index contributed by atoms with van der Waals surface area (Å²) in [6, 6.07) is 5.58. The van der Waals surface area contributed by atoms with Crippen LogP contribution in [0.25, 0.3) is 0 Å². The first kappa shape index (κ1) is 15.8. The van der Waals surface area contributed by atoms with E-state index in [-0.39, 0.29) is 19.1 Å². The van der Waals surface area contributed by atoms with Crippen molar-refractivity contribution in [3.63, 3.8) is 0 Å². The monoisotopic (exact) mass is 355 g/mol. The number of hydrogen-bond acceptors (Lipinski definition) is 3. The van der Waals surface area contributed by atoms with E-state index in [0.29, 0.717) is 18.7 Å². The van der Waals surface area contributed by atoms with Crippen LogP contribution in [-0.4, -0.2) is 41.6 Å². The maximum Gasteiger partial charge on any atom is 0.308 e. The summed E-state index contributed by atoms with van der Waals surface area (Å²) in [5.74, 6) is -0.795. The number of nitrogens with zero attached hydrogens (tertiary/aromatic N) is 1. The average molecular weight is 356 g/mol. The molecule has 1 aromatic rings. The van der Waals surface area contributed by atoms with E-state index in [0.717, 1.165) is 16.5 Å². The number of hydrogen-bond donors (Lipinski definition) is 1. The summed E-state index contributed by atoms with van der Waals surface area (Å²) in [4.78, 5) is 24.7. The molecular formula is C15H18BrNO4. The molecule has 1 atom stereocenters. The van der Waals surface area contributed by atoms with Gasteiger partial charge in [0, 0.05) is 17.6 Å². The van der Waals surface area contributed by atoms with Crippen LogP contribution in [0.3, 0.4) is 0 Å². The van der Waals surface area contributed by atoms with E-state index < -0.39 is 11.9 Å². The van der Waals surface area contributed by atoms with Crippen molar-refractivity contribution < 1.29 is 19.4 Å². The van der Waals surface area contributed by atoms with Gasteiger partial charge in [0.25, 0.3) is 5.91 Å². The standard InChI is InChI=1S/C15H18BrNO4/c1-10-7-12(16)4-5-13(10)21-9-14(18)17-6-2-3-11(8-17)15(19)20/h4-5,7,11H,2-3,6,8-9H2,1H3,(H,19,20). The van der Waals surface area contributed by atoms with E-state index >= 15 is 0 Å². The summed E-state index contributed by atoms with van der Waals surface area (Å²) in [5, 5.41) is 9.03. The molecule has 1 aromatic carbocycles. The fraction of sp³-hybridized carbons (Fsp3) is 0.467. The molecule has 114 valence electrons. The topological polar surface area (TPSA) is 66.8 Å². The van der Waals surface area contributed by atoms with E-state index in [2.05, 4.69) is 15.9 Å². The Morgan fingerprint density at radius 1 is 1.48 bits per heavy atom. The highest BCUT2D eigenvalue weighted by Gasteiger charge is 2.28. The largest absolute Gasteiger partial charge is 0.483 e. The van der Waals surface area contributed by atoms with Crippen molar-refractivity contribution in [2.24, 2.45) is 5.92 Å². The minimum Gasteiger partial charge on any atom is -0.483 e. The van der Waals surface area contributed by atoms with E-state index in [1.54, 1.807) is 4.90 Å². The maximum atomic E-state index is 12.1. The number of carbonyl (C=O) groups is 2. The van der Waals surface area contributed by atoms with Crippen LogP contribution in [0.4, 0.5) is 0 Å². The van der Waals surface area contributed by atoms with Crippen LogP contribution >= 0.6 is 15.9 Å². The molecule has 0 radical (unpaired) electrons. The highest BCUT2D eigenvalue weighted by molar-refractivity contribution is 9.10. The van der Waals surface area contributed by atoms with Gasteiger partial charge in [-0.25, -0.2) is 0 Å². The lowest BCUT2D eigenvalue weighted by atomic mass is 9.98. The molecule has 1 aliphatic rings. The van der Waals surface area contributed by atoms with Gasteiger partial charge >= 0.3 is 5.97 Å². The predicted molar refractivity (Wildman–Crippen MR) is 81.3 cm³/mol. The summed E-state index contributed by atoms with van der Waals surface area (Å²) in [6.07, 6.45) is 1.35. The number of carbonyl (C=O) groups excluding carboxylic acids is 1. The van der Waals surface area contributed by atoms with E-state index in [9.17, 15) is 9.59 Å². The van der Waals surface area contributed by atoms with Crippen LogP contribution in [0.15, 0.2) is 22.7 Å². The smallest absolute Gasteiger partial charge is 0.308 e. The number of amides is 1. The van der Waals surface area contributed by atoms with Gasteiger partial charge in [0.2, 0.25) is 0 Å². The summed E-state index contributed by atoms with van der Waals surface area (Å²) < 4.78 is 6.50. The van der Waals surface area contributed by atoms with E-state index in [4.69, 9.17) is 9.84 Å². The van der Waals surface area contributed by atoms with Crippen LogP contribution in [0, 0.1) is 12.8 Å². The van der Waals surface area contributed by atoms with Crippen LogP contribution < -0.4 is 4.74 Å². The first-order valence-corrected chi connectivity index (χ1v) is 7.66. The van der Waals surface area contributed by atoms with Gasteiger partial charge in [0.15, 0.2) is 6.61 Å². The van der Waals surface area contributed by atoms with Crippen molar-refractivity contribution in [2.45, 2.75) is 19.8 Å². The molecule has 1 saturated heterocycles. The molecule has 1 aliphatic heterocycles. The number of aliphatic carboxylic acids is 1. The number of ether oxygens (including phenoxy) is 1. The Morgan fingerprint density at radius 3 is 2.90 bits per heavy atom. The predicted octanol–water partition coefficient (Wildman–Crippen LogP) is 2.46. The molecule has 1 heterocycles. The number of carboxylic acids is 1. The molecule has 0 saturated carbocycles. The molecule has 1 fully saturated rings. The third kappa shape index (κ3) is 4.20. The minimum atomic E-state index is -0.836. The van der Waals surface area contributed by atoms with Gasteiger partial charge < -0.3 is 14.7 Å². The fourth-order valence-corrected chi connectivity index (χ4v) is 2.89. The molecule has 0 aliphatic carbocycles. The summed E-state index contributed by atoms with van der Waals surface area (Å²) in [6.45, 7) is 2.73. The average Bonchev–Trinajstić information content (AvgIpc) is 2.46. The Balaban J connectivity index is 1.90. The number of likely N-dealkylation sites (tertiary alicyclic amines) is 1. The summed E-state index contributed by atoms with van der Waals surface area (Å²) in [5.41, 5.74) is 0.944. The van der Waals surface area contributed by atoms with Gasteiger partial charge in [-0.1, -0.05) is 15.9 Å². The van der Waals surface area contributed by atoms with Crippen LogP contribution in [-0.2, 0) is 9.59 Å².